The summed E-state index contributed by atoms with van der Waals surface area (Å²) >= 11 is 0. The minimum Gasteiger partial charge on any atom is -0.342 e. The summed E-state index contributed by atoms with van der Waals surface area (Å²) in [4.78, 5) is 11.1. The third-order valence-corrected chi connectivity index (χ3v) is 2.16. The van der Waals surface area contributed by atoms with Gasteiger partial charge in [0.05, 0.1) is 18.1 Å². The molecule has 2 rings (SSSR count). The molecule has 0 bridgehead atoms. The molecule has 0 aliphatic heterocycles. The Hall–Kier alpha value is -1.75. The second kappa shape index (κ2) is 4.40. The molecular formula is C11H13FN4. The summed E-state index contributed by atoms with van der Waals surface area (Å²) < 4.78 is 13.0. The number of pyridine rings is 1. The van der Waals surface area contributed by atoms with Crippen molar-refractivity contribution in [2.75, 3.05) is 0 Å². The van der Waals surface area contributed by atoms with E-state index >= 15 is 0 Å². The van der Waals surface area contributed by atoms with Crippen LogP contribution in [0.25, 0.3) is 11.3 Å². The molecule has 0 radical (unpaired) electrons. The van der Waals surface area contributed by atoms with Gasteiger partial charge in [-0.25, -0.2) is 9.37 Å². The van der Waals surface area contributed by atoms with Gasteiger partial charge < -0.3 is 10.7 Å². The van der Waals surface area contributed by atoms with Crippen molar-refractivity contribution >= 4 is 0 Å². The third kappa shape index (κ3) is 2.43. The lowest BCUT2D eigenvalue weighted by Crippen LogP contribution is -2.18. The molecule has 16 heavy (non-hydrogen) atoms. The maximum Gasteiger partial charge on any atom is 0.142 e. The largest absolute Gasteiger partial charge is 0.342 e. The highest BCUT2D eigenvalue weighted by Crippen LogP contribution is 2.16. The first-order valence-corrected chi connectivity index (χ1v) is 5.05. The molecule has 0 spiro atoms. The smallest absolute Gasteiger partial charge is 0.142 e. The van der Waals surface area contributed by atoms with Crippen LogP contribution >= 0.6 is 0 Å². The summed E-state index contributed by atoms with van der Waals surface area (Å²) in [5, 5.41) is 0. The van der Waals surface area contributed by atoms with E-state index in [0.29, 0.717) is 12.0 Å². The fourth-order valence-electron chi connectivity index (χ4n) is 1.48. The lowest BCUT2D eigenvalue weighted by Gasteiger charge is -2.00. The van der Waals surface area contributed by atoms with Gasteiger partial charge in [-0.3, -0.25) is 4.98 Å². The number of rotatable bonds is 3. The van der Waals surface area contributed by atoms with E-state index in [1.807, 2.05) is 6.92 Å². The average Bonchev–Trinajstić information content (AvgIpc) is 2.65. The maximum atomic E-state index is 13.0. The Bertz CT molecular complexity index is 478. The second-order valence-corrected chi connectivity index (χ2v) is 3.82. The van der Waals surface area contributed by atoms with Crippen LogP contribution in [0, 0.1) is 5.82 Å². The number of hydrogen-bond donors (Lipinski definition) is 2. The molecule has 0 aliphatic carbocycles. The molecule has 5 heteroatoms. The Morgan fingerprint density at radius 2 is 2.25 bits per heavy atom. The molecule has 2 heterocycles. The van der Waals surface area contributed by atoms with Crippen molar-refractivity contribution in [2.24, 2.45) is 5.73 Å². The zero-order valence-electron chi connectivity index (χ0n) is 8.94. The van der Waals surface area contributed by atoms with Crippen LogP contribution in [0.3, 0.4) is 0 Å². The van der Waals surface area contributed by atoms with E-state index in [2.05, 4.69) is 15.0 Å². The molecule has 1 atom stereocenters. The molecule has 1 unspecified atom stereocenters. The van der Waals surface area contributed by atoms with Crippen molar-refractivity contribution in [3.8, 4) is 11.3 Å². The SMILES string of the molecule is CC(N)Cc1ncc(-c2cncc(F)c2)[nH]1. The molecule has 4 nitrogen and oxygen atoms in total. The van der Waals surface area contributed by atoms with E-state index in [9.17, 15) is 4.39 Å². The van der Waals surface area contributed by atoms with Crippen molar-refractivity contribution in [2.45, 2.75) is 19.4 Å². The van der Waals surface area contributed by atoms with Crippen molar-refractivity contribution in [3.63, 3.8) is 0 Å². The summed E-state index contributed by atoms with van der Waals surface area (Å²) in [6.07, 6.45) is 5.09. The van der Waals surface area contributed by atoms with Crippen LogP contribution < -0.4 is 5.73 Å². The highest BCUT2D eigenvalue weighted by Gasteiger charge is 2.06. The van der Waals surface area contributed by atoms with E-state index in [-0.39, 0.29) is 11.9 Å². The van der Waals surface area contributed by atoms with Gasteiger partial charge in [0.2, 0.25) is 0 Å². The lowest BCUT2D eigenvalue weighted by atomic mass is 10.2. The van der Waals surface area contributed by atoms with Crippen LogP contribution in [0.1, 0.15) is 12.7 Å². The summed E-state index contributed by atoms with van der Waals surface area (Å²) in [6.45, 7) is 1.91. The van der Waals surface area contributed by atoms with Gasteiger partial charge in [-0.05, 0) is 13.0 Å². The van der Waals surface area contributed by atoms with Gasteiger partial charge in [-0.2, -0.15) is 0 Å². The Kier molecular flexibility index (Phi) is 2.96. The van der Waals surface area contributed by atoms with E-state index < -0.39 is 0 Å². The van der Waals surface area contributed by atoms with Crippen LogP contribution in [0.15, 0.2) is 24.7 Å². The van der Waals surface area contributed by atoms with Crippen molar-refractivity contribution in [1.82, 2.24) is 15.0 Å². The predicted octanol–water partition coefficient (Wildman–Crippen LogP) is 1.50. The van der Waals surface area contributed by atoms with Gasteiger partial charge in [-0.1, -0.05) is 0 Å². The normalized spacial score (nSPS) is 12.7. The zero-order chi connectivity index (χ0) is 11.5. The second-order valence-electron chi connectivity index (χ2n) is 3.82. The predicted molar refractivity (Wildman–Crippen MR) is 59.1 cm³/mol. The van der Waals surface area contributed by atoms with E-state index in [0.717, 1.165) is 11.5 Å². The van der Waals surface area contributed by atoms with Crippen LogP contribution in [0.4, 0.5) is 4.39 Å². The number of H-pyrrole nitrogens is 1. The molecule has 0 saturated heterocycles. The molecular weight excluding hydrogens is 207 g/mol. The number of hydrogen-bond acceptors (Lipinski definition) is 3. The fourth-order valence-corrected chi connectivity index (χ4v) is 1.48. The van der Waals surface area contributed by atoms with Crippen molar-refractivity contribution in [3.05, 3.63) is 36.3 Å². The zero-order valence-corrected chi connectivity index (χ0v) is 8.94. The standard InChI is InChI=1S/C11H13FN4/c1-7(13)2-11-15-6-10(16-11)8-3-9(12)5-14-4-8/h3-7H,2,13H2,1H3,(H,15,16). The van der Waals surface area contributed by atoms with Crippen molar-refractivity contribution in [1.29, 1.82) is 0 Å². The Morgan fingerprint density at radius 3 is 2.94 bits per heavy atom. The Labute approximate surface area is 92.7 Å². The third-order valence-electron chi connectivity index (χ3n) is 2.16. The van der Waals surface area contributed by atoms with Gasteiger partial charge >= 0.3 is 0 Å². The fraction of sp³-hybridized carbons (Fsp3) is 0.273. The number of nitrogens with one attached hydrogen (secondary N) is 1. The summed E-state index contributed by atoms with van der Waals surface area (Å²) in [5.41, 5.74) is 7.10. The van der Waals surface area contributed by atoms with Crippen LogP contribution in [-0.4, -0.2) is 21.0 Å². The summed E-state index contributed by atoms with van der Waals surface area (Å²) in [5.74, 6) is 0.440. The first-order valence-electron chi connectivity index (χ1n) is 5.05. The van der Waals surface area contributed by atoms with Gasteiger partial charge in [0.25, 0.3) is 0 Å². The number of halogens is 1. The van der Waals surface area contributed by atoms with E-state index in [1.165, 1.54) is 12.3 Å². The van der Waals surface area contributed by atoms with Gasteiger partial charge in [0.1, 0.15) is 11.6 Å². The minimum absolute atomic E-state index is 0.0460. The number of aromatic amines is 1. The molecule has 0 aliphatic rings. The highest BCUT2D eigenvalue weighted by atomic mass is 19.1. The molecule has 0 fully saturated rings. The quantitative estimate of drug-likeness (QED) is 0.823. The lowest BCUT2D eigenvalue weighted by molar-refractivity contribution is 0.622. The number of nitrogens with two attached hydrogens (primary N) is 1. The Balaban J connectivity index is 2.24. The van der Waals surface area contributed by atoms with Gasteiger partial charge in [0.15, 0.2) is 0 Å². The topological polar surface area (TPSA) is 67.6 Å². The van der Waals surface area contributed by atoms with E-state index in [4.69, 9.17) is 5.73 Å². The Morgan fingerprint density at radius 1 is 1.44 bits per heavy atom. The van der Waals surface area contributed by atoms with Crippen LogP contribution in [0.2, 0.25) is 0 Å². The number of imidazole rings is 1. The van der Waals surface area contributed by atoms with Gasteiger partial charge in [-0.15, -0.1) is 0 Å². The highest BCUT2D eigenvalue weighted by molar-refractivity contribution is 5.56. The van der Waals surface area contributed by atoms with Crippen molar-refractivity contribution < 1.29 is 4.39 Å². The molecule has 3 N–H and O–H groups in total. The van der Waals surface area contributed by atoms with Crippen LogP contribution in [-0.2, 0) is 6.42 Å². The molecule has 0 aromatic carbocycles. The monoisotopic (exact) mass is 220 g/mol. The first-order chi connectivity index (χ1) is 7.65. The minimum atomic E-state index is -0.360. The molecule has 84 valence electrons. The first kappa shape index (κ1) is 10.8. The van der Waals surface area contributed by atoms with Crippen LogP contribution in [0.5, 0.6) is 0 Å². The van der Waals surface area contributed by atoms with Gasteiger partial charge in [0, 0.05) is 24.2 Å². The molecule has 0 amide bonds. The summed E-state index contributed by atoms with van der Waals surface area (Å²) in [7, 11) is 0. The molecule has 2 aromatic heterocycles. The maximum absolute atomic E-state index is 13.0. The average molecular weight is 220 g/mol. The van der Waals surface area contributed by atoms with E-state index in [1.54, 1.807) is 12.4 Å². The molecule has 0 saturated carbocycles. The number of nitrogens with zero attached hydrogens (tertiary/aromatic N) is 2. The summed E-state index contributed by atoms with van der Waals surface area (Å²) in [6, 6.07) is 1.46. The molecule has 2 aromatic rings. The number of aromatic nitrogens is 3.